The van der Waals surface area contributed by atoms with E-state index in [0.717, 1.165) is 0 Å². The molecule has 74 valence electrons. The number of rotatable bonds is 3. The van der Waals surface area contributed by atoms with Crippen LogP contribution in [0, 0.1) is 0 Å². The number of nitrogens with zero attached hydrogens (tertiary/aromatic N) is 4. The molecule has 2 aromatic rings. The SMILES string of the molecule is CC(CO)Nc1nccn2cnnc12. The number of fused-ring (bicyclic) bond motifs is 1. The van der Waals surface area contributed by atoms with Gasteiger partial charge < -0.3 is 10.4 Å². The van der Waals surface area contributed by atoms with E-state index in [1.165, 1.54) is 0 Å². The summed E-state index contributed by atoms with van der Waals surface area (Å²) in [6.45, 7) is 1.92. The Bertz CT molecular complexity index is 426. The van der Waals surface area contributed by atoms with Crippen molar-refractivity contribution in [2.24, 2.45) is 0 Å². The number of nitrogens with one attached hydrogen (secondary N) is 1. The highest BCUT2D eigenvalue weighted by molar-refractivity contribution is 5.61. The standard InChI is InChI=1S/C8H11N5O/c1-6(4-14)11-7-8-12-10-5-13(8)3-2-9-7/h2-3,5-6,14H,4H2,1H3,(H,9,11). The number of hydrogen-bond donors (Lipinski definition) is 2. The van der Waals surface area contributed by atoms with E-state index in [-0.39, 0.29) is 12.6 Å². The van der Waals surface area contributed by atoms with Crippen molar-refractivity contribution < 1.29 is 5.11 Å². The van der Waals surface area contributed by atoms with Crippen LogP contribution in [0.1, 0.15) is 6.92 Å². The first kappa shape index (κ1) is 8.89. The van der Waals surface area contributed by atoms with Crippen molar-refractivity contribution in [1.82, 2.24) is 19.6 Å². The summed E-state index contributed by atoms with van der Waals surface area (Å²) >= 11 is 0. The second kappa shape index (κ2) is 3.59. The van der Waals surface area contributed by atoms with Crippen LogP contribution in [0.15, 0.2) is 18.7 Å². The van der Waals surface area contributed by atoms with Gasteiger partial charge in [0.05, 0.1) is 6.61 Å². The fourth-order valence-electron chi connectivity index (χ4n) is 1.14. The highest BCUT2D eigenvalue weighted by Gasteiger charge is 2.06. The molecule has 0 saturated heterocycles. The van der Waals surface area contributed by atoms with E-state index in [0.29, 0.717) is 11.5 Å². The third-order valence-electron chi connectivity index (χ3n) is 1.87. The molecule has 2 rings (SSSR count). The summed E-state index contributed by atoms with van der Waals surface area (Å²) in [7, 11) is 0. The molecule has 0 radical (unpaired) electrons. The van der Waals surface area contributed by atoms with Gasteiger partial charge in [0.25, 0.3) is 0 Å². The minimum Gasteiger partial charge on any atom is -0.394 e. The Morgan fingerprint density at radius 2 is 2.50 bits per heavy atom. The smallest absolute Gasteiger partial charge is 0.203 e. The molecule has 0 bridgehead atoms. The first-order valence-corrected chi connectivity index (χ1v) is 4.33. The molecule has 6 heteroatoms. The minimum absolute atomic E-state index is 0.0506. The normalized spacial score (nSPS) is 13.0. The molecule has 1 atom stereocenters. The van der Waals surface area contributed by atoms with Crippen molar-refractivity contribution in [3.8, 4) is 0 Å². The van der Waals surface area contributed by atoms with Crippen LogP contribution in [0.3, 0.4) is 0 Å². The van der Waals surface area contributed by atoms with Crippen LogP contribution in [0.2, 0.25) is 0 Å². The predicted molar refractivity (Wildman–Crippen MR) is 51.0 cm³/mol. The fourth-order valence-corrected chi connectivity index (χ4v) is 1.14. The van der Waals surface area contributed by atoms with Gasteiger partial charge in [0.15, 0.2) is 5.82 Å². The van der Waals surface area contributed by atoms with E-state index >= 15 is 0 Å². The second-order valence-corrected chi connectivity index (χ2v) is 3.07. The molecule has 0 amide bonds. The summed E-state index contributed by atoms with van der Waals surface area (Å²) in [5, 5.41) is 19.6. The summed E-state index contributed by atoms with van der Waals surface area (Å²) < 4.78 is 1.76. The molecule has 6 nitrogen and oxygen atoms in total. The lowest BCUT2D eigenvalue weighted by molar-refractivity contribution is 0.281. The van der Waals surface area contributed by atoms with Crippen molar-refractivity contribution in [3.63, 3.8) is 0 Å². The maximum absolute atomic E-state index is 8.89. The number of aliphatic hydroxyl groups excluding tert-OH is 1. The molecule has 0 fully saturated rings. The maximum atomic E-state index is 8.89. The van der Waals surface area contributed by atoms with Gasteiger partial charge in [-0.15, -0.1) is 10.2 Å². The van der Waals surface area contributed by atoms with Crippen molar-refractivity contribution in [2.45, 2.75) is 13.0 Å². The van der Waals surface area contributed by atoms with Crippen LogP contribution < -0.4 is 5.32 Å². The molecule has 14 heavy (non-hydrogen) atoms. The van der Waals surface area contributed by atoms with Gasteiger partial charge in [0, 0.05) is 18.4 Å². The highest BCUT2D eigenvalue weighted by atomic mass is 16.3. The summed E-state index contributed by atoms with van der Waals surface area (Å²) in [5.74, 6) is 0.631. The van der Waals surface area contributed by atoms with E-state index in [1.54, 1.807) is 23.1 Å². The Morgan fingerprint density at radius 1 is 1.64 bits per heavy atom. The molecule has 1 unspecified atom stereocenters. The molecular formula is C8H11N5O. The predicted octanol–water partition coefficient (Wildman–Crippen LogP) is -0.0830. The second-order valence-electron chi connectivity index (χ2n) is 3.07. The van der Waals surface area contributed by atoms with Gasteiger partial charge in [0.1, 0.15) is 6.33 Å². The monoisotopic (exact) mass is 193 g/mol. The molecule has 2 N–H and O–H groups in total. The minimum atomic E-state index is -0.0506. The summed E-state index contributed by atoms with van der Waals surface area (Å²) in [5.41, 5.74) is 0.660. The van der Waals surface area contributed by atoms with Crippen LogP contribution in [-0.4, -0.2) is 37.3 Å². The maximum Gasteiger partial charge on any atom is 0.203 e. The Morgan fingerprint density at radius 3 is 3.29 bits per heavy atom. The Balaban J connectivity index is 2.36. The van der Waals surface area contributed by atoms with E-state index in [4.69, 9.17) is 5.11 Å². The zero-order chi connectivity index (χ0) is 9.97. The van der Waals surface area contributed by atoms with Crippen LogP contribution in [0.5, 0.6) is 0 Å². The number of aliphatic hydroxyl groups is 1. The van der Waals surface area contributed by atoms with Gasteiger partial charge in [-0.3, -0.25) is 4.40 Å². The van der Waals surface area contributed by atoms with Gasteiger partial charge in [0.2, 0.25) is 5.65 Å². The van der Waals surface area contributed by atoms with Crippen LogP contribution in [0.25, 0.3) is 5.65 Å². The zero-order valence-corrected chi connectivity index (χ0v) is 7.75. The molecule has 0 aliphatic carbocycles. The fraction of sp³-hybridized carbons (Fsp3) is 0.375. The number of hydrogen-bond acceptors (Lipinski definition) is 5. The largest absolute Gasteiger partial charge is 0.394 e. The molecule has 0 saturated carbocycles. The third-order valence-corrected chi connectivity index (χ3v) is 1.87. The quantitative estimate of drug-likeness (QED) is 0.713. The molecule has 0 aromatic carbocycles. The Hall–Kier alpha value is -1.69. The Labute approximate surface area is 80.6 Å². The lowest BCUT2D eigenvalue weighted by atomic mass is 10.3. The lowest BCUT2D eigenvalue weighted by Gasteiger charge is -2.10. The van der Waals surface area contributed by atoms with Crippen molar-refractivity contribution in [1.29, 1.82) is 0 Å². The third kappa shape index (κ3) is 1.51. The van der Waals surface area contributed by atoms with Crippen molar-refractivity contribution >= 4 is 11.5 Å². The molecule has 0 spiro atoms. The topological polar surface area (TPSA) is 75.3 Å². The summed E-state index contributed by atoms with van der Waals surface area (Å²) in [4.78, 5) is 4.12. The number of aromatic nitrogens is 4. The van der Waals surface area contributed by atoms with Gasteiger partial charge in [-0.05, 0) is 6.92 Å². The molecule has 0 aliphatic rings. The molecular weight excluding hydrogens is 182 g/mol. The first-order chi connectivity index (χ1) is 6.81. The van der Waals surface area contributed by atoms with Gasteiger partial charge in [-0.1, -0.05) is 0 Å². The molecule has 0 aliphatic heterocycles. The summed E-state index contributed by atoms with van der Waals surface area (Å²) in [6, 6.07) is -0.0506. The van der Waals surface area contributed by atoms with Crippen LogP contribution in [0.4, 0.5) is 5.82 Å². The van der Waals surface area contributed by atoms with E-state index in [2.05, 4.69) is 20.5 Å². The van der Waals surface area contributed by atoms with Gasteiger partial charge >= 0.3 is 0 Å². The van der Waals surface area contributed by atoms with Crippen LogP contribution in [-0.2, 0) is 0 Å². The highest BCUT2D eigenvalue weighted by Crippen LogP contribution is 2.10. The average molecular weight is 193 g/mol. The van der Waals surface area contributed by atoms with Gasteiger partial charge in [-0.2, -0.15) is 0 Å². The van der Waals surface area contributed by atoms with Gasteiger partial charge in [-0.25, -0.2) is 4.98 Å². The van der Waals surface area contributed by atoms with E-state index in [1.807, 2.05) is 6.92 Å². The van der Waals surface area contributed by atoms with Crippen molar-refractivity contribution in [3.05, 3.63) is 18.7 Å². The molecule has 2 aromatic heterocycles. The summed E-state index contributed by atoms with van der Waals surface area (Å²) in [6.07, 6.45) is 5.03. The van der Waals surface area contributed by atoms with E-state index < -0.39 is 0 Å². The Kier molecular flexibility index (Phi) is 2.28. The van der Waals surface area contributed by atoms with E-state index in [9.17, 15) is 0 Å². The van der Waals surface area contributed by atoms with Crippen LogP contribution >= 0.6 is 0 Å². The first-order valence-electron chi connectivity index (χ1n) is 4.33. The lowest BCUT2D eigenvalue weighted by Crippen LogP contribution is -2.20. The molecule has 2 heterocycles. The zero-order valence-electron chi connectivity index (χ0n) is 7.75. The average Bonchev–Trinajstić information content (AvgIpc) is 2.66. The number of anilines is 1. The van der Waals surface area contributed by atoms with Crippen molar-refractivity contribution in [2.75, 3.05) is 11.9 Å².